The number of ether oxygens (including phenoxy) is 2. The molecule has 0 bridgehead atoms. The summed E-state index contributed by atoms with van der Waals surface area (Å²) in [4.78, 5) is 0. The van der Waals surface area contributed by atoms with Crippen LogP contribution in [0.3, 0.4) is 0 Å². The van der Waals surface area contributed by atoms with Crippen LogP contribution in [0.2, 0.25) is 0 Å². The minimum Gasteiger partial charge on any atom is -0.497 e. The Bertz CT molecular complexity index is 543. The van der Waals surface area contributed by atoms with E-state index in [4.69, 9.17) is 21.1 Å². The Morgan fingerprint density at radius 2 is 2.00 bits per heavy atom. The molecule has 18 heavy (non-hydrogen) atoms. The standard InChI is InChI=1S/C12H13ClN2O2S/c1-7(13)11-14-15-12(18-11)9-6-8(16-2)4-5-10(9)17-3/h4-7H,1-3H3. The maximum absolute atomic E-state index is 5.99. The van der Waals surface area contributed by atoms with Gasteiger partial charge >= 0.3 is 0 Å². The lowest BCUT2D eigenvalue weighted by atomic mass is 10.2. The molecular formula is C12H13ClN2O2S. The molecule has 0 fully saturated rings. The molecule has 0 radical (unpaired) electrons. The molecule has 0 aliphatic heterocycles. The van der Waals surface area contributed by atoms with Gasteiger partial charge in [0.05, 0.1) is 25.2 Å². The first-order valence-corrected chi connectivity index (χ1v) is 6.61. The zero-order valence-corrected chi connectivity index (χ0v) is 11.9. The van der Waals surface area contributed by atoms with Crippen molar-refractivity contribution in [2.45, 2.75) is 12.3 Å². The average Bonchev–Trinajstić information content (AvgIpc) is 2.87. The zero-order chi connectivity index (χ0) is 13.1. The van der Waals surface area contributed by atoms with Crippen LogP contribution in [0, 0.1) is 0 Å². The molecule has 1 aromatic heterocycles. The van der Waals surface area contributed by atoms with Gasteiger partial charge in [-0.3, -0.25) is 0 Å². The van der Waals surface area contributed by atoms with Crippen molar-refractivity contribution in [2.75, 3.05) is 14.2 Å². The highest BCUT2D eigenvalue weighted by atomic mass is 35.5. The second kappa shape index (κ2) is 5.54. The Hall–Kier alpha value is -1.33. The zero-order valence-electron chi connectivity index (χ0n) is 10.3. The Kier molecular flexibility index (Phi) is 4.04. The van der Waals surface area contributed by atoms with Gasteiger partial charge in [0.1, 0.15) is 16.5 Å². The van der Waals surface area contributed by atoms with Crippen molar-refractivity contribution < 1.29 is 9.47 Å². The highest BCUT2D eigenvalue weighted by molar-refractivity contribution is 7.15. The summed E-state index contributed by atoms with van der Waals surface area (Å²) in [6, 6.07) is 5.57. The number of halogens is 1. The van der Waals surface area contributed by atoms with Gasteiger partial charge in [-0.25, -0.2) is 0 Å². The molecule has 0 spiro atoms. The molecule has 0 saturated carbocycles. The first kappa shape index (κ1) is 13.1. The number of hydrogen-bond acceptors (Lipinski definition) is 5. The number of alkyl halides is 1. The molecule has 0 aliphatic rings. The number of benzene rings is 1. The minimum absolute atomic E-state index is 0.146. The second-order valence-electron chi connectivity index (χ2n) is 3.63. The van der Waals surface area contributed by atoms with Gasteiger partial charge in [0.15, 0.2) is 5.01 Å². The highest BCUT2D eigenvalue weighted by Crippen LogP contribution is 2.36. The third-order valence-corrected chi connectivity index (χ3v) is 3.89. The van der Waals surface area contributed by atoms with Gasteiger partial charge < -0.3 is 9.47 Å². The van der Waals surface area contributed by atoms with Crippen LogP contribution in [-0.2, 0) is 0 Å². The van der Waals surface area contributed by atoms with Crippen molar-refractivity contribution in [1.82, 2.24) is 10.2 Å². The van der Waals surface area contributed by atoms with Crippen LogP contribution in [0.5, 0.6) is 11.5 Å². The van der Waals surface area contributed by atoms with E-state index in [1.807, 2.05) is 25.1 Å². The predicted octanol–water partition coefficient (Wildman–Crippen LogP) is 3.52. The third-order valence-electron chi connectivity index (χ3n) is 2.42. The van der Waals surface area contributed by atoms with Crippen molar-refractivity contribution in [1.29, 1.82) is 0 Å². The van der Waals surface area contributed by atoms with Crippen molar-refractivity contribution in [2.24, 2.45) is 0 Å². The van der Waals surface area contributed by atoms with Crippen LogP contribution in [0.1, 0.15) is 17.3 Å². The van der Waals surface area contributed by atoms with Crippen LogP contribution in [0.15, 0.2) is 18.2 Å². The maximum Gasteiger partial charge on any atom is 0.151 e. The summed E-state index contributed by atoms with van der Waals surface area (Å²) in [7, 11) is 3.25. The Morgan fingerprint density at radius 1 is 1.22 bits per heavy atom. The van der Waals surface area contributed by atoms with Gasteiger partial charge in [0, 0.05) is 0 Å². The number of methoxy groups -OCH3 is 2. The quantitative estimate of drug-likeness (QED) is 0.806. The number of aromatic nitrogens is 2. The molecule has 0 amide bonds. The normalized spacial score (nSPS) is 12.2. The minimum atomic E-state index is -0.146. The molecule has 96 valence electrons. The fourth-order valence-corrected chi connectivity index (χ4v) is 2.46. The van der Waals surface area contributed by atoms with Crippen LogP contribution < -0.4 is 9.47 Å². The van der Waals surface area contributed by atoms with Crippen molar-refractivity contribution in [3.63, 3.8) is 0 Å². The fourth-order valence-electron chi connectivity index (χ4n) is 1.49. The molecule has 2 rings (SSSR count). The third kappa shape index (κ3) is 2.57. The summed E-state index contributed by atoms with van der Waals surface area (Å²) in [5.74, 6) is 1.49. The number of hydrogen-bond donors (Lipinski definition) is 0. The van der Waals surface area contributed by atoms with E-state index < -0.39 is 0 Å². The summed E-state index contributed by atoms with van der Waals surface area (Å²) >= 11 is 7.44. The van der Waals surface area contributed by atoms with Crippen LogP contribution in [-0.4, -0.2) is 24.4 Å². The van der Waals surface area contributed by atoms with E-state index in [-0.39, 0.29) is 5.38 Å². The van der Waals surface area contributed by atoms with E-state index >= 15 is 0 Å². The Labute approximate surface area is 115 Å². The van der Waals surface area contributed by atoms with Crippen molar-refractivity contribution in [3.8, 4) is 22.1 Å². The molecule has 0 saturated heterocycles. The fraction of sp³-hybridized carbons (Fsp3) is 0.333. The Balaban J connectivity index is 2.46. The van der Waals surface area contributed by atoms with E-state index in [2.05, 4.69) is 10.2 Å². The smallest absolute Gasteiger partial charge is 0.151 e. The van der Waals surface area contributed by atoms with Crippen LogP contribution in [0.4, 0.5) is 0 Å². The van der Waals surface area contributed by atoms with Gasteiger partial charge in [0.2, 0.25) is 0 Å². The molecular weight excluding hydrogens is 272 g/mol. The lowest BCUT2D eigenvalue weighted by Crippen LogP contribution is -1.90. The molecule has 1 unspecified atom stereocenters. The second-order valence-corrected chi connectivity index (χ2v) is 5.29. The molecule has 1 aromatic carbocycles. The van der Waals surface area contributed by atoms with E-state index in [0.717, 1.165) is 27.1 Å². The molecule has 6 heteroatoms. The predicted molar refractivity (Wildman–Crippen MR) is 72.7 cm³/mol. The SMILES string of the molecule is COc1ccc(OC)c(-c2nnc(C(C)Cl)s2)c1. The first-order chi connectivity index (χ1) is 8.65. The van der Waals surface area contributed by atoms with E-state index in [0.29, 0.717) is 0 Å². The number of rotatable bonds is 4. The Morgan fingerprint density at radius 3 is 2.56 bits per heavy atom. The molecule has 1 heterocycles. The van der Waals surface area contributed by atoms with Gasteiger partial charge in [-0.15, -0.1) is 21.8 Å². The van der Waals surface area contributed by atoms with Crippen LogP contribution in [0.25, 0.3) is 10.6 Å². The van der Waals surface area contributed by atoms with Gasteiger partial charge in [-0.2, -0.15) is 0 Å². The molecule has 0 aliphatic carbocycles. The summed E-state index contributed by atoms with van der Waals surface area (Å²) in [6.07, 6.45) is 0. The largest absolute Gasteiger partial charge is 0.497 e. The van der Waals surface area contributed by atoms with Gasteiger partial charge in [-0.05, 0) is 25.1 Å². The lowest BCUT2D eigenvalue weighted by molar-refractivity contribution is 0.404. The van der Waals surface area contributed by atoms with Crippen molar-refractivity contribution >= 4 is 22.9 Å². The van der Waals surface area contributed by atoms with Gasteiger partial charge in [-0.1, -0.05) is 11.3 Å². The summed E-state index contributed by atoms with van der Waals surface area (Å²) < 4.78 is 10.5. The van der Waals surface area contributed by atoms with Gasteiger partial charge in [0.25, 0.3) is 0 Å². The summed E-state index contributed by atoms with van der Waals surface area (Å²) in [5, 5.41) is 9.62. The van der Waals surface area contributed by atoms with E-state index in [1.165, 1.54) is 11.3 Å². The summed E-state index contributed by atoms with van der Waals surface area (Å²) in [5.41, 5.74) is 0.859. The number of nitrogens with zero attached hydrogens (tertiary/aromatic N) is 2. The van der Waals surface area contributed by atoms with Crippen molar-refractivity contribution in [3.05, 3.63) is 23.2 Å². The topological polar surface area (TPSA) is 44.2 Å². The molecule has 4 nitrogen and oxygen atoms in total. The monoisotopic (exact) mass is 284 g/mol. The molecule has 0 N–H and O–H groups in total. The lowest BCUT2D eigenvalue weighted by Gasteiger charge is -2.07. The molecule has 2 aromatic rings. The van der Waals surface area contributed by atoms with Crippen LogP contribution >= 0.6 is 22.9 Å². The first-order valence-electron chi connectivity index (χ1n) is 5.35. The summed E-state index contributed by atoms with van der Waals surface area (Å²) in [6.45, 7) is 1.87. The average molecular weight is 285 g/mol. The highest BCUT2D eigenvalue weighted by Gasteiger charge is 2.15. The maximum atomic E-state index is 5.99. The van der Waals surface area contributed by atoms with E-state index in [9.17, 15) is 0 Å². The molecule has 1 atom stereocenters. The van der Waals surface area contributed by atoms with E-state index in [1.54, 1.807) is 14.2 Å².